The fourth-order valence-corrected chi connectivity index (χ4v) is 17.9. The highest BCUT2D eigenvalue weighted by molar-refractivity contribution is 7.90. The number of carbonyl (C=O) groups excluding carboxylic acids is 2. The third-order valence-electron chi connectivity index (χ3n) is 16.6. The van der Waals surface area contributed by atoms with Gasteiger partial charge in [-0.2, -0.15) is 8.61 Å². The molecule has 598 valence electrons. The molecule has 6 aromatic carbocycles. The van der Waals surface area contributed by atoms with E-state index in [1.165, 1.54) is 34.6 Å². The van der Waals surface area contributed by atoms with Crippen LogP contribution in [0.15, 0.2) is 222 Å². The lowest BCUT2D eigenvalue weighted by Crippen LogP contribution is -2.40. The SMILES string of the molecule is CC(=O)NCCNS(=O)(=O)c1ccc(C)cc1.Cc1ccc(S(=O)(=O)N(C)C2CCCCC2)cc1.Cc1ccc(S(=O)(=O)N(C)CC(C)CO)cc1.Cc1ccc(S(=O)(=O)N2CCCC(=O)C2)cc1.Cc1ccc(S(=O)(=O)NC(C)(C)C)cc1.Cc1ccc(S(=O)(=O)NCCc2ccccn2)cc1.Cc1ccoc1. The molecule has 30 heteroatoms. The van der Waals surface area contributed by atoms with Crippen molar-refractivity contribution in [2.75, 3.05) is 60.0 Å². The number of amides is 1. The largest absolute Gasteiger partial charge is 0.472 e. The fraction of sp³-hybridized carbons (Fsp3) is 0.405. The Morgan fingerprint density at radius 3 is 1.34 bits per heavy atom. The molecule has 1 aliphatic carbocycles. The van der Waals surface area contributed by atoms with Gasteiger partial charge in [-0.3, -0.25) is 14.6 Å². The standard InChI is InChI=1S/C14H16N2O2S.C14H21NO2S.C12H15NO3S.C12H19NO3S.C11H16N2O3S.C11H17NO2S.C5H6O/c1-12-5-7-14(8-6-12)19(17,18)16-11-9-13-4-2-3-10-15-13;1-12-8-10-14(11-9-12)18(16,17)15(2)13-6-4-3-5-7-13;1-10-4-6-12(7-5-10)17(15,16)13-8-2-3-11(14)9-13;1-10-4-6-12(7-5-10)17(15,16)13(3)8-11(2)9-14;1-9-3-5-11(6-4-9)17(15,16)13-8-7-12-10(2)14;1-9-5-7-10(8-6-9)15(13,14)12-11(2,3)4;1-5-2-3-6-4-5/h2-8,10,16H,9,11H2,1H3;8-11,13H,3-7H2,1-2H3;4-7H,2-3,8-9H2,1H3;4-7,11,14H,8-9H2,1-3H3;3-6,13H,7-8H2,1-2H3,(H,12,14);5-8,12H,1-4H3;2-4H,1H3. The van der Waals surface area contributed by atoms with Gasteiger partial charge in [0.1, 0.15) is 5.78 Å². The Morgan fingerprint density at radius 2 is 0.963 bits per heavy atom. The molecule has 2 aromatic heterocycles. The maximum absolute atomic E-state index is 12.5. The summed E-state index contributed by atoms with van der Waals surface area (Å²) in [6.45, 7) is 23.7. The average Bonchev–Trinajstić information content (AvgIpc) is 0.941. The minimum Gasteiger partial charge on any atom is -0.472 e. The van der Waals surface area contributed by atoms with Crippen molar-refractivity contribution in [1.82, 2.24) is 37.4 Å². The molecule has 0 bridgehead atoms. The number of nitrogens with zero attached hydrogens (tertiary/aromatic N) is 4. The first-order chi connectivity index (χ1) is 51.0. The minimum absolute atomic E-state index is 0.00747. The quantitative estimate of drug-likeness (QED) is 0.0394. The molecule has 1 aliphatic heterocycles. The Labute approximate surface area is 648 Å². The molecule has 1 saturated heterocycles. The highest BCUT2D eigenvalue weighted by Gasteiger charge is 2.31. The second-order valence-electron chi connectivity index (χ2n) is 27.8. The Bertz CT molecular complexity index is 4780. The Balaban J connectivity index is 0.000000272. The van der Waals surface area contributed by atoms with Crippen molar-refractivity contribution in [2.45, 2.75) is 175 Å². The molecule has 2 aliphatic rings. The van der Waals surface area contributed by atoms with Crippen molar-refractivity contribution in [1.29, 1.82) is 0 Å². The predicted molar refractivity (Wildman–Crippen MR) is 428 cm³/mol. The smallest absolute Gasteiger partial charge is 0.243 e. The average molecular weight is 1620 g/mol. The molecule has 10 rings (SSSR count). The zero-order valence-electron chi connectivity index (χ0n) is 65.0. The first kappa shape index (κ1) is 93.7. The van der Waals surface area contributed by atoms with Gasteiger partial charge < -0.3 is 14.8 Å². The van der Waals surface area contributed by atoms with E-state index in [2.05, 4.69) is 24.5 Å². The van der Waals surface area contributed by atoms with E-state index < -0.39 is 65.7 Å². The molecule has 1 unspecified atom stereocenters. The van der Waals surface area contributed by atoms with Crippen molar-refractivity contribution in [3.05, 3.63) is 233 Å². The number of Topliss-reactive ketones (excluding diaryl/α,β-unsaturated/α-hetero) is 1. The summed E-state index contributed by atoms with van der Waals surface area (Å²) in [5.41, 5.74) is 7.79. The number of aryl methyl sites for hydroxylation is 7. The lowest BCUT2D eigenvalue weighted by atomic mass is 9.96. The summed E-state index contributed by atoms with van der Waals surface area (Å²) in [6, 6.07) is 48.4. The summed E-state index contributed by atoms with van der Waals surface area (Å²) >= 11 is 0. The number of hydrogen-bond acceptors (Lipinski definition) is 17. The molecule has 0 radical (unpaired) electrons. The third-order valence-corrected chi connectivity index (χ3v) is 26.9. The van der Waals surface area contributed by atoms with Gasteiger partial charge in [-0.25, -0.2) is 69.0 Å². The number of sulfonamides is 6. The molecule has 1 saturated carbocycles. The normalized spacial score (nSPS) is 14.0. The number of aromatic nitrogens is 1. The van der Waals surface area contributed by atoms with Crippen LogP contribution in [0.5, 0.6) is 0 Å². The van der Waals surface area contributed by atoms with Crippen molar-refractivity contribution >= 4 is 71.8 Å². The van der Waals surface area contributed by atoms with Gasteiger partial charge in [0.05, 0.1) is 48.4 Å². The number of piperidine rings is 1. The second kappa shape index (κ2) is 44.4. The van der Waals surface area contributed by atoms with Gasteiger partial charge in [-0.05, 0) is 191 Å². The van der Waals surface area contributed by atoms with Gasteiger partial charge in [-0.15, -0.1) is 0 Å². The van der Waals surface area contributed by atoms with Crippen LogP contribution < -0.4 is 19.5 Å². The first-order valence-corrected chi connectivity index (χ1v) is 44.4. The molecular weight excluding hydrogens is 1510 g/mol. The van der Waals surface area contributed by atoms with E-state index >= 15 is 0 Å². The minimum atomic E-state index is -3.50. The van der Waals surface area contributed by atoms with E-state index in [4.69, 9.17) is 9.52 Å². The number of carbonyl (C=O) groups is 2. The van der Waals surface area contributed by atoms with E-state index in [9.17, 15) is 60.1 Å². The summed E-state index contributed by atoms with van der Waals surface area (Å²) < 4.78 is 161. The van der Waals surface area contributed by atoms with Crippen LogP contribution in [-0.2, 0) is 76.1 Å². The topological polar surface area (TPSA) is 343 Å². The van der Waals surface area contributed by atoms with E-state index in [1.54, 1.807) is 170 Å². The molecule has 2 fully saturated rings. The summed E-state index contributed by atoms with van der Waals surface area (Å²) in [5, 5.41) is 11.4. The van der Waals surface area contributed by atoms with Crippen LogP contribution in [0, 0.1) is 54.4 Å². The molecule has 109 heavy (non-hydrogen) atoms. The number of nitrogens with one attached hydrogen (secondary N) is 4. The van der Waals surface area contributed by atoms with Gasteiger partial charge in [0.15, 0.2) is 0 Å². The molecule has 3 heterocycles. The lowest BCUT2D eigenvalue weighted by Gasteiger charge is -2.30. The molecule has 8 aromatic rings. The Morgan fingerprint density at radius 1 is 0.541 bits per heavy atom. The number of aliphatic hydroxyl groups excluding tert-OH is 1. The van der Waals surface area contributed by atoms with Gasteiger partial charge in [0.2, 0.25) is 66.0 Å². The van der Waals surface area contributed by atoms with Gasteiger partial charge in [0, 0.05) is 96.7 Å². The highest BCUT2D eigenvalue weighted by atomic mass is 32.2. The van der Waals surface area contributed by atoms with Crippen molar-refractivity contribution in [3.63, 3.8) is 0 Å². The van der Waals surface area contributed by atoms with Crippen molar-refractivity contribution < 1.29 is 69.6 Å². The fourth-order valence-electron chi connectivity index (χ4n) is 10.3. The maximum Gasteiger partial charge on any atom is 0.243 e. The monoisotopic (exact) mass is 1620 g/mol. The Hall–Kier alpha value is -7.69. The van der Waals surface area contributed by atoms with Crippen LogP contribution in [0.2, 0.25) is 0 Å². The second-order valence-corrected chi connectivity index (χ2v) is 38.9. The zero-order chi connectivity index (χ0) is 81.4. The summed E-state index contributed by atoms with van der Waals surface area (Å²) in [6.07, 6.45) is 12.2. The molecular formula is C79H110N8O16S6. The number of ketones is 1. The van der Waals surface area contributed by atoms with E-state index in [0.29, 0.717) is 53.6 Å². The number of furan rings is 1. The number of benzene rings is 6. The Kier molecular flexibility index (Phi) is 38.1. The van der Waals surface area contributed by atoms with E-state index in [-0.39, 0.29) is 64.6 Å². The van der Waals surface area contributed by atoms with Crippen LogP contribution in [-0.4, -0.2) is 157 Å². The van der Waals surface area contributed by atoms with Crippen LogP contribution in [0.1, 0.15) is 124 Å². The van der Waals surface area contributed by atoms with Gasteiger partial charge in [0.25, 0.3) is 0 Å². The van der Waals surface area contributed by atoms with Crippen LogP contribution in [0.4, 0.5) is 0 Å². The summed E-state index contributed by atoms with van der Waals surface area (Å²) in [4.78, 5) is 27.8. The van der Waals surface area contributed by atoms with Crippen LogP contribution in [0.25, 0.3) is 0 Å². The van der Waals surface area contributed by atoms with Gasteiger partial charge >= 0.3 is 0 Å². The number of rotatable bonds is 22. The first-order valence-electron chi connectivity index (χ1n) is 35.6. The van der Waals surface area contributed by atoms with Crippen molar-refractivity contribution in [2.24, 2.45) is 5.92 Å². The molecule has 5 N–H and O–H groups in total. The lowest BCUT2D eigenvalue weighted by molar-refractivity contribution is -0.121. The number of pyridine rings is 1. The summed E-state index contributed by atoms with van der Waals surface area (Å²) in [5.74, 6) is -0.258. The van der Waals surface area contributed by atoms with E-state index in [0.717, 1.165) is 64.8 Å². The third kappa shape index (κ3) is 33.4. The van der Waals surface area contributed by atoms with Crippen molar-refractivity contribution in [3.8, 4) is 0 Å². The number of aliphatic hydroxyl groups is 1. The van der Waals surface area contributed by atoms with Gasteiger partial charge in [-0.1, -0.05) is 138 Å². The number of hydrogen-bond donors (Lipinski definition) is 5. The van der Waals surface area contributed by atoms with Crippen LogP contribution in [0.3, 0.4) is 0 Å². The summed E-state index contributed by atoms with van der Waals surface area (Å²) in [7, 11) is -17.3. The predicted octanol–water partition coefficient (Wildman–Crippen LogP) is 11.5. The maximum atomic E-state index is 12.5. The highest BCUT2D eigenvalue weighted by Crippen LogP contribution is 2.27. The molecule has 1 atom stereocenters. The zero-order valence-corrected chi connectivity index (χ0v) is 69.9. The van der Waals surface area contributed by atoms with E-state index in [1.807, 2.05) is 106 Å². The van der Waals surface area contributed by atoms with Crippen LogP contribution >= 0.6 is 0 Å². The molecule has 1 amide bonds. The molecule has 24 nitrogen and oxygen atoms in total. The molecule has 0 spiro atoms.